The van der Waals surface area contributed by atoms with Crippen molar-refractivity contribution in [2.45, 2.75) is 57.6 Å². The van der Waals surface area contributed by atoms with Crippen LogP contribution in [0.5, 0.6) is 0 Å². The minimum atomic E-state index is -1.21. The lowest BCUT2D eigenvalue weighted by Crippen LogP contribution is -2.48. The van der Waals surface area contributed by atoms with E-state index in [-0.39, 0.29) is 45.2 Å². The number of benzene rings is 2. The molecule has 3 N–H and O–H groups in total. The number of nitrogens with zero attached hydrogens (tertiary/aromatic N) is 1. The summed E-state index contributed by atoms with van der Waals surface area (Å²) in [4.78, 5) is 50.3. The van der Waals surface area contributed by atoms with Crippen molar-refractivity contribution >= 4 is 24.2 Å². The molecule has 43 heavy (non-hydrogen) atoms. The number of nitrogens with one attached hydrogen (secondary N) is 2. The summed E-state index contributed by atoms with van der Waals surface area (Å²) in [7, 11) is 0. The van der Waals surface area contributed by atoms with Crippen molar-refractivity contribution < 1.29 is 38.5 Å². The first kappa shape index (κ1) is 33.0. The molecular formula is C32H41N3O8. The standard InChI is InChI=1S/C32H41N3O8/c1-5-20-41-31(40)35(27(28(36)37)16-10-11-17-33-30(39)43-32(2,3)4)19-18-34-29(38)42-21-26-24-14-8-6-12-22(24)23-13-7-9-15-25(23)26/h5-9,12-15,26-27H,1,10-11,16-21H2,2-4H3,(H,33,39)(H,34,38)(H,36,37)/t27-/m1/s1. The van der Waals surface area contributed by atoms with Crippen LogP contribution in [-0.2, 0) is 19.0 Å². The van der Waals surface area contributed by atoms with Gasteiger partial charge in [0.25, 0.3) is 0 Å². The maximum absolute atomic E-state index is 12.7. The maximum atomic E-state index is 12.7. The van der Waals surface area contributed by atoms with Gasteiger partial charge in [-0.25, -0.2) is 19.2 Å². The minimum Gasteiger partial charge on any atom is -0.480 e. The second-order valence-corrected chi connectivity index (χ2v) is 11.1. The highest BCUT2D eigenvalue weighted by atomic mass is 16.6. The van der Waals surface area contributed by atoms with Gasteiger partial charge in [-0.2, -0.15) is 0 Å². The van der Waals surface area contributed by atoms with Crippen LogP contribution in [0.1, 0.15) is 57.1 Å². The summed E-state index contributed by atoms with van der Waals surface area (Å²) in [5.74, 6) is -1.32. The molecular weight excluding hydrogens is 554 g/mol. The Labute approximate surface area is 252 Å². The third-order valence-corrected chi connectivity index (χ3v) is 6.76. The normalized spacial score (nSPS) is 12.7. The molecule has 0 saturated carbocycles. The molecule has 1 atom stereocenters. The fraction of sp³-hybridized carbons (Fsp3) is 0.438. The Hall–Kier alpha value is -4.54. The van der Waals surface area contributed by atoms with E-state index in [0.29, 0.717) is 12.8 Å². The van der Waals surface area contributed by atoms with Gasteiger partial charge in [-0.1, -0.05) is 61.2 Å². The first-order valence-corrected chi connectivity index (χ1v) is 14.3. The topological polar surface area (TPSA) is 144 Å². The zero-order valence-electron chi connectivity index (χ0n) is 25.0. The Balaban J connectivity index is 1.52. The zero-order chi connectivity index (χ0) is 31.4. The van der Waals surface area contributed by atoms with Gasteiger partial charge in [-0.05, 0) is 62.3 Å². The fourth-order valence-corrected chi connectivity index (χ4v) is 4.90. The summed E-state index contributed by atoms with van der Waals surface area (Å²) in [5, 5.41) is 15.1. The lowest BCUT2D eigenvalue weighted by atomic mass is 9.98. The summed E-state index contributed by atoms with van der Waals surface area (Å²) >= 11 is 0. The maximum Gasteiger partial charge on any atom is 0.410 e. The molecule has 0 radical (unpaired) electrons. The van der Waals surface area contributed by atoms with E-state index >= 15 is 0 Å². The molecule has 0 aliphatic heterocycles. The molecule has 0 aromatic heterocycles. The zero-order valence-corrected chi connectivity index (χ0v) is 25.0. The number of alkyl carbamates (subject to hydrolysis) is 2. The summed E-state index contributed by atoms with van der Waals surface area (Å²) in [6.45, 7) is 8.93. The fourth-order valence-electron chi connectivity index (χ4n) is 4.90. The average Bonchev–Trinajstić information content (AvgIpc) is 3.27. The van der Waals surface area contributed by atoms with Crippen LogP contribution >= 0.6 is 0 Å². The molecule has 0 unspecified atom stereocenters. The molecule has 3 amide bonds. The van der Waals surface area contributed by atoms with Crippen LogP contribution in [0, 0.1) is 0 Å². The van der Waals surface area contributed by atoms with Gasteiger partial charge >= 0.3 is 24.2 Å². The molecule has 232 valence electrons. The lowest BCUT2D eigenvalue weighted by molar-refractivity contribution is -0.143. The molecule has 1 aliphatic carbocycles. The second-order valence-electron chi connectivity index (χ2n) is 11.1. The Bertz CT molecular complexity index is 1240. The smallest absolute Gasteiger partial charge is 0.410 e. The summed E-state index contributed by atoms with van der Waals surface area (Å²) in [6, 6.07) is 14.8. The number of carbonyl (C=O) groups is 4. The van der Waals surface area contributed by atoms with Gasteiger partial charge in [-0.15, -0.1) is 0 Å². The Morgan fingerprint density at radius 2 is 1.53 bits per heavy atom. The van der Waals surface area contributed by atoms with Crippen molar-refractivity contribution in [3.05, 3.63) is 72.3 Å². The van der Waals surface area contributed by atoms with E-state index in [1.165, 1.54) is 6.08 Å². The van der Waals surface area contributed by atoms with Gasteiger partial charge in [0.05, 0.1) is 0 Å². The molecule has 0 bridgehead atoms. The van der Waals surface area contributed by atoms with Crippen LogP contribution in [0.2, 0.25) is 0 Å². The monoisotopic (exact) mass is 595 g/mol. The number of carboxylic acid groups (broad SMARTS) is 1. The van der Waals surface area contributed by atoms with Gasteiger partial charge in [0.15, 0.2) is 0 Å². The molecule has 2 aromatic rings. The second kappa shape index (κ2) is 15.6. The van der Waals surface area contributed by atoms with Gasteiger partial charge in [-0.3, -0.25) is 4.90 Å². The molecule has 0 spiro atoms. The molecule has 2 aromatic carbocycles. The number of ether oxygens (including phenoxy) is 3. The van der Waals surface area contributed by atoms with Crippen LogP contribution in [-0.4, -0.2) is 78.7 Å². The number of rotatable bonds is 14. The predicted molar refractivity (Wildman–Crippen MR) is 161 cm³/mol. The highest BCUT2D eigenvalue weighted by Gasteiger charge is 2.31. The van der Waals surface area contributed by atoms with Gasteiger partial charge in [0, 0.05) is 25.6 Å². The number of carbonyl (C=O) groups excluding carboxylic acids is 3. The van der Waals surface area contributed by atoms with Gasteiger partial charge in [0.1, 0.15) is 24.9 Å². The predicted octanol–water partition coefficient (Wildman–Crippen LogP) is 5.30. The lowest BCUT2D eigenvalue weighted by Gasteiger charge is -2.28. The summed E-state index contributed by atoms with van der Waals surface area (Å²) in [6.07, 6.45) is 0.280. The Kier molecular flexibility index (Phi) is 12.0. The van der Waals surface area contributed by atoms with E-state index in [4.69, 9.17) is 14.2 Å². The van der Waals surface area contributed by atoms with Crippen molar-refractivity contribution in [1.29, 1.82) is 0 Å². The molecule has 0 heterocycles. The van der Waals surface area contributed by atoms with E-state index in [9.17, 15) is 24.3 Å². The van der Waals surface area contributed by atoms with Crippen LogP contribution < -0.4 is 10.6 Å². The van der Waals surface area contributed by atoms with Crippen LogP contribution in [0.15, 0.2) is 61.2 Å². The molecule has 1 aliphatic rings. The SMILES string of the molecule is C=CCOC(=O)N(CCNC(=O)OCC1c2ccccc2-c2ccccc21)[C@H](CCCCNC(=O)OC(C)(C)C)C(=O)O. The summed E-state index contributed by atoms with van der Waals surface area (Å²) in [5.41, 5.74) is 3.76. The number of hydrogen-bond acceptors (Lipinski definition) is 7. The Morgan fingerprint density at radius 3 is 2.12 bits per heavy atom. The molecule has 0 fully saturated rings. The number of aliphatic carboxylic acids is 1. The van der Waals surface area contributed by atoms with Crippen LogP contribution in [0.4, 0.5) is 14.4 Å². The van der Waals surface area contributed by atoms with E-state index in [1.54, 1.807) is 20.8 Å². The van der Waals surface area contributed by atoms with E-state index in [0.717, 1.165) is 27.2 Å². The number of amides is 3. The van der Waals surface area contributed by atoms with Gasteiger partial charge < -0.3 is 30.0 Å². The van der Waals surface area contributed by atoms with Crippen LogP contribution in [0.25, 0.3) is 11.1 Å². The Morgan fingerprint density at radius 1 is 0.930 bits per heavy atom. The number of hydrogen-bond donors (Lipinski definition) is 3. The molecule has 11 heteroatoms. The van der Waals surface area contributed by atoms with E-state index < -0.39 is 35.9 Å². The van der Waals surface area contributed by atoms with Crippen LogP contribution in [0.3, 0.4) is 0 Å². The molecule has 11 nitrogen and oxygen atoms in total. The molecule has 0 saturated heterocycles. The largest absolute Gasteiger partial charge is 0.480 e. The van der Waals surface area contributed by atoms with E-state index in [1.807, 2.05) is 48.5 Å². The summed E-state index contributed by atoms with van der Waals surface area (Å²) < 4.78 is 15.8. The minimum absolute atomic E-state index is 0.0517. The van der Waals surface area contributed by atoms with E-state index in [2.05, 4.69) is 17.2 Å². The van der Waals surface area contributed by atoms with Gasteiger partial charge in [0.2, 0.25) is 0 Å². The number of unbranched alkanes of at least 4 members (excludes halogenated alkanes) is 1. The number of fused-ring (bicyclic) bond motifs is 3. The van der Waals surface area contributed by atoms with Crippen molar-refractivity contribution in [1.82, 2.24) is 15.5 Å². The first-order valence-electron chi connectivity index (χ1n) is 14.3. The average molecular weight is 596 g/mol. The van der Waals surface area contributed by atoms with Crippen molar-refractivity contribution in [3.63, 3.8) is 0 Å². The number of carboxylic acids is 1. The quantitative estimate of drug-likeness (QED) is 0.152. The van der Waals surface area contributed by atoms with Crippen molar-refractivity contribution in [2.75, 3.05) is 32.8 Å². The van der Waals surface area contributed by atoms with Crippen molar-refractivity contribution in [2.24, 2.45) is 0 Å². The third kappa shape index (κ3) is 9.76. The highest BCUT2D eigenvalue weighted by Crippen LogP contribution is 2.44. The first-order chi connectivity index (χ1) is 20.5. The van der Waals surface area contributed by atoms with Crippen molar-refractivity contribution in [3.8, 4) is 11.1 Å². The highest BCUT2D eigenvalue weighted by molar-refractivity contribution is 5.80. The molecule has 3 rings (SSSR count). The third-order valence-electron chi connectivity index (χ3n) is 6.76.